The molecular formula is C17H15N3O3. The lowest BCUT2D eigenvalue weighted by Gasteiger charge is -2.28. The number of amides is 3. The summed E-state index contributed by atoms with van der Waals surface area (Å²) >= 11 is 0. The lowest BCUT2D eigenvalue weighted by atomic mass is 10.1. The maximum absolute atomic E-state index is 12.5. The van der Waals surface area contributed by atoms with Gasteiger partial charge in [0.1, 0.15) is 6.54 Å². The summed E-state index contributed by atoms with van der Waals surface area (Å²) in [6.45, 7) is 0.905. The molecule has 1 aromatic carbocycles. The van der Waals surface area contributed by atoms with Gasteiger partial charge in [0, 0.05) is 31.4 Å². The Bertz CT molecular complexity index is 789. The standard InChI is InChI=1S/C17H15N3O3/c21-15(19-8-6-14-11(9-19)5-7-18-14)10-20-16(22)12-3-1-2-4-13(12)17(20)23/h1-5,7,18H,6,8-10H2. The molecule has 1 aromatic heterocycles. The third-order valence-electron chi connectivity index (χ3n) is 4.45. The van der Waals surface area contributed by atoms with Crippen molar-refractivity contribution in [3.63, 3.8) is 0 Å². The molecule has 0 fully saturated rings. The van der Waals surface area contributed by atoms with Crippen LogP contribution in [0.4, 0.5) is 0 Å². The summed E-state index contributed by atoms with van der Waals surface area (Å²) in [4.78, 5) is 43.0. The molecule has 0 saturated carbocycles. The van der Waals surface area contributed by atoms with Gasteiger partial charge in [0.05, 0.1) is 11.1 Å². The fourth-order valence-electron chi connectivity index (χ4n) is 3.18. The molecule has 2 aliphatic heterocycles. The first-order chi connectivity index (χ1) is 11.1. The van der Waals surface area contributed by atoms with Gasteiger partial charge in [-0.15, -0.1) is 0 Å². The average Bonchev–Trinajstić information content (AvgIpc) is 3.13. The van der Waals surface area contributed by atoms with E-state index in [1.54, 1.807) is 29.2 Å². The number of nitrogens with one attached hydrogen (secondary N) is 1. The summed E-state index contributed by atoms with van der Waals surface area (Å²) in [5.41, 5.74) is 2.98. The molecule has 4 rings (SSSR count). The molecule has 0 saturated heterocycles. The van der Waals surface area contributed by atoms with Crippen molar-refractivity contribution in [3.8, 4) is 0 Å². The molecule has 1 N–H and O–H groups in total. The Balaban J connectivity index is 1.50. The zero-order valence-corrected chi connectivity index (χ0v) is 12.4. The number of fused-ring (bicyclic) bond motifs is 2. The summed E-state index contributed by atoms with van der Waals surface area (Å²) in [6.07, 6.45) is 2.62. The van der Waals surface area contributed by atoms with Gasteiger partial charge in [-0.05, 0) is 23.8 Å². The molecule has 0 atom stereocenters. The Labute approximate surface area is 132 Å². The monoisotopic (exact) mass is 309 g/mol. The number of benzene rings is 1. The molecular weight excluding hydrogens is 294 g/mol. The van der Waals surface area contributed by atoms with E-state index in [-0.39, 0.29) is 12.5 Å². The Kier molecular flexibility index (Phi) is 3.04. The lowest BCUT2D eigenvalue weighted by molar-refractivity contribution is -0.132. The van der Waals surface area contributed by atoms with Crippen LogP contribution in [0.1, 0.15) is 32.0 Å². The van der Waals surface area contributed by atoms with Crippen LogP contribution in [0.2, 0.25) is 0 Å². The Hall–Kier alpha value is -2.89. The third kappa shape index (κ3) is 2.14. The van der Waals surface area contributed by atoms with E-state index in [9.17, 15) is 14.4 Å². The molecule has 2 aliphatic rings. The summed E-state index contributed by atoms with van der Waals surface area (Å²) in [5, 5.41) is 0. The molecule has 0 unspecified atom stereocenters. The fraction of sp³-hybridized carbons (Fsp3) is 0.235. The largest absolute Gasteiger partial charge is 0.365 e. The molecule has 6 heteroatoms. The lowest BCUT2D eigenvalue weighted by Crippen LogP contribution is -2.44. The van der Waals surface area contributed by atoms with Crippen molar-refractivity contribution in [3.05, 3.63) is 58.9 Å². The maximum atomic E-state index is 12.5. The number of rotatable bonds is 2. The van der Waals surface area contributed by atoms with Gasteiger partial charge in [0.2, 0.25) is 5.91 Å². The second-order valence-electron chi connectivity index (χ2n) is 5.79. The number of nitrogens with zero attached hydrogens (tertiary/aromatic N) is 2. The summed E-state index contributed by atoms with van der Waals surface area (Å²) in [7, 11) is 0. The van der Waals surface area contributed by atoms with Crippen LogP contribution in [-0.2, 0) is 17.8 Å². The van der Waals surface area contributed by atoms with E-state index < -0.39 is 11.8 Å². The second kappa shape index (κ2) is 5.08. The van der Waals surface area contributed by atoms with E-state index in [0.29, 0.717) is 24.2 Å². The number of imide groups is 1. The molecule has 3 heterocycles. The molecule has 0 bridgehead atoms. The number of hydrogen-bond acceptors (Lipinski definition) is 3. The van der Waals surface area contributed by atoms with E-state index in [4.69, 9.17) is 0 Å². The van der Waals surface area contributed by atoms with Crippen LogP contribution in [0, 0.1) is 0 Å². The van der Waals surface area contributed by atoms with E-state index in [1.807, 2.05) is 12.3 Å². The van der Waals surface area contributed by atoms with Gasteiger partial charge >= 0.3 is 0 Å². The van der Waals surface area contributed by atoms with E-state index >= 15 is 0 Å². The molecule has 2 aromatic rings. The van der Waals surface area contributed by atoms with E-state index in [0.717, 1.165) is 22.6 Å². The predicted octanol–water partition coefficient (Wildman–Crippen LogP) is 1.20. The minimum atomic E-state index is -0.390. The van der Waals surface area contributed by atoms with Gasteiger partial charge in [0.25, 0.3) is 11.8 Å². The Morgan fingerprint density at radius 2 is 1.78 bits per heavy atom. The molecule has 0 radical (unpaired) electrons. The highest BCUT2D eigenvalue weighted by atomic mass is 16.2. The summed E-state index contributed by atoms with van der Waals surface area (Å²) in [5.74, 6) is -0.983. The Morgan fingerprint density at radius 3 is 2.48 bits per heavy atom. The highest BCUT2D eigenvalue weighted by molar-refractivity contribution is 6.22. The topological polar surface area (TPSA) is 73.5 Å². The number of H-pyrrole nitrogens is 1. The highest BCUT2D eigenvalue weighted by Gasteiger charge is 2.37. The average molecular weight is 309 g/mol. The molecule has 116 valence electrons. The van der Waals surface area contributed by atoms with Gasteiger partial charge in [0.15, 0.2) is 0 Å². The highest BCUT2D eigenvalue weighted by Crippen LogP contribution is 2.23. The van der Waals surface area contributed by atoms with Crippen LogP contribution in [0.15, 0.2) is 36.5 Å². The van der Waals surface area contributed by atoms with Crippen molar-refractivity contribution in [2.45, 2.75) is 13.0 Å². The van der Waals surface area contributed by atoms with E-state index in [2.05, 4.69) is 4.98 Å². The molecule has 0 spiro atoms. The van der Waals surface area contributed by atoms with Gasteiger partial charge < -0.3 is 9.88 Å². The number of carbonyl (C=O) groups excluding carboxylic acids is 3. The summed E-state index contributed by atoms with van der Waals surface area (Å²) in [6, 6.07) is 8.62. The normalized spacial score (nSPS) is 16.5. The van der Waals surface area contributed by atoms with Crippen molar-refractivity contribution in [1.82, 2.24) is 14.8 Å². The van der Waals surface area contributed by atoms with Crippen LogP contribution in [0.25, 0.3) is 0 Å². The first-order valence-electron chi connectivity index (χ1n) is 7.53. The number of aromatic nitrogens is 1. The molecule has 0 aliphatic carbocycles. The van der Waals surface area contributed by atoms with Crippen molar-refractivity contribution in [2.75, 3.05) is 13.1 Å². The van der Waals surface area contributed by atoms with Gasteiger partial charge in [-0.3, -0.25) is 19.3 Å². The minimum absolute atomic E-state index is 0.202. The van der Waals surface area contributed by atoms with Crippen molar-refractivity contribution in [2.24, 2.45) is 0 Å². The predicted molar refractivity (Wildman–Crippen MR) is 81.7 cm³/mol. The molecule has 6 nitrogen and oxygen atoms in total. The van der Waals surface area contributed by atoms with Gasteiger partial charge in [-0.1, -0.05) is 12.1 Å². The number of aromatic amines is 1. The third-order valence-corrected chi connectivity index (χ3v) is 4.45. The van der Waals surface area contributed by atoms with Crippen molar-refractivity contribution in [1.29, 1.82) is 0 Å². The van der Waals surface area contributed by atoms with Gasteiger partial charge in [-0.2, -0.15) is 0 Å². The van der Waals surface area contributed by atoms with Crippen LogP contribution in [0.5, 0.6) is 0 Å². The van der Waals surface area contributed by atoms with Crippen LogP contribution >= 0.6 is 0 Å². The SMILES string of the molecule is O=C(CN1C(=O)c2ccccc2C1=O)N1CCc2[nH]ccc2C1. The zero-order chi connectivity index (χ0) is 16.0. The van der Waals surface area contributed by atoms with Crippen LogP contribution in [-0.4, -0.2) is 45.6 Å². The molecule has 23 heavy (non-hydrogen) atoms. The number of carbonyl (C=O) groups is 3. The second-order valence-corrected chi connectivity index (χ2v) is 5.79. The Morgan fingerprint density at radius 1 is 1.09 bits per heavy atom. The van der Waals surface area contributed by atoms with Crippen molar-refractivity contribution >= 4 is 17.7 Å². The number of hydrogen-bond donors (Lipinski definition) is 1. The first-order valence-corrected chi connectivity index (χ1v) is 7.53. The smallest absolute Gasteiger partial charge is 0.262 e. The van der Waals surface area contributed by atoms with E-state index in [1.165, 1.54) is 0 Å². The van der Waals surface area contributed by atoms with Crippen LogP contribution in [0.3, 0.4) is 0 Å². The van der Waals surface area contributed by atoms with Crippen LogP contribution < -0.4 is 0 Å². The quantitative estimate of drug-likeness (QED) is 0.847. The van der Waals surface area contributed by atoms with Gasteiger partial charge in [-0.25, -0.2) is 0 Å². The fourth-order valence-corrected chi connectivity index (χ4v) is 3.18. The minimum Gasteiger partial charge on any atom is -0.365 e. The summed E-state index contributed by atoms with van der Waals surface area (Å²) < 4.78 is 0. The maximum Gasteiger partial charge on any atom is 0.262 e. The zero-order valence-electron chi connectivity index (χ0n) is 12.4. The van der Waals surface area contributed by atoms with Crippen molar-refractivity contribution < 1.29 is 14.4 Å². The molecule has 3 amide bonds. The first kappa shape index (κ1) is 13.8.